The van der Waals surface area contributed by atoms with Gasteiger partial charge in [-0.1, -0.05) is 66.2 Å². The van der Waals surface area contributed by atoms with Gasteiger partial charge in [-0.15, -0.1) is 11.3 Å². The van der Waals surface area contributed by atoms with Crippen molar-refractivity contribution in [3.8, 4) is 61.8 Å². The number of halogens is 3. The highest BCUT2D eigenvalue weighted by molar-refractivity contribution is 9.10. The lowest BCUT2D eigenvalue weighted by Crippen LogP contribution is -2.58. The van der Waals surface area contributed by atoms with Crippen LogP contribution in [0.25, 0.3) is 43.2 Å². The lowest BCUT2D eigenvalue weighted by atomic mass is 9.99. The number of carbonyl (C=O) groups is 1. The summed E-state index contributed by atoms with van der Waals surface area (Å²) in [7, 11) is 0.488. The number of thiophene rings is 1. The monoisotopic (exact) mass is 1170 g/mol. The molecule has 3 aromatic heterocycles. The number of quaternary nitrogens is 1. The molecular formula is C55H53BrClFN6O11PS+. The molecule has 2 N–H and O–H groups in total. The van der Waals surface area contributed by atoms with Gasteiger partial charge < -0.3 is 42.7 Å². The number of likely N-dealkylation sites (N-methyl/N-ethyl adjacent to an activating group) is 1. The van der Waals surface area contributed by atoms with Crippen LogP contribution in [0.3, 0.4) is 0 Å². The van der Waals surface area contributed by atoms with Crippen molar-refractivity contribution in [2.75, 3.05) is 67.3 Å². The third kappa shape index (κ3) is 13.8. The summed E-state index contributed by atoms with van der Waals surface area (Å²) < 4.78 is 67.8. The second-order valence-corrected chi connectivity index (χ2v) is 21.6. The Labute approximate surface area is 461 Å². The molecule has 1 aliphatic heterocycles. The summed E-state index contributed by atoms with van der Waals surface area (Å²) in [6.07, 6.45) is 1.74. The van der Waals surface area contributed by atoms with Gasteiger partial charge >= 0.3 is 13.8 Å². The lowest BCUT2D eigenvalue weighted by molar-refractivity contribution is -0.928. The fourth-order valence-electron chi connectivity index (χ4n) is 8.61. The first-order chi connectivity index (χ1) is 37.2. The number of rotatable bonds is 22. The van der Waals surface area contributed by atoms with Crippen molar-refractivity contribution in [3.63, 3.8) is 0 Å². The number of carbonyl (C=O) groups excluding carboxylic acids is 1. The molecule has 400 valence electrons. The van der Waals surface area contributed by atoms with E-state index in [4.69, 9.17) is 49.5 Å². The van der Waals surface area contributed by atoms with Gasteiger partial charge in [0, 0.05) is 47.2 Å². The van der Waals surface area contributed by atoms with Crippen molar-refractivity contribution in [2.24, 2.45) is 0 Å². The normalized spacial score (nSPS) is 14.0. The molecule has 0 aliphatic carbocycles. The van der Waals surface area contributed by atoms with E-state index in [1.54, 1.807) is 75.0 Å². The molecule has 22 heteroatoms. The van der Waals surface area contributed by atoms with Crippen molar-refractivity contribution in [2.45, 2.75) is 25.7 Å². The minimum atomic E-state index is -4.58. The maximum absolute atomic E-state index is 14.5. The van der Waals surface area contributed by atoms with Crippen molar-refractivity contribution in [1.29, 1.82) is 0 Å². The molecule has 0 radical (unpaired) electrons. The number of piperazine rings is 1. The van der Waals surface area contributed by atoms with E-state index < -0.39 is 25.7 Å². The molecular weight excluding hydrogens is 1120 g/mol. The predicted molar refractivity (Wildman–Crippen MR) is 293 cm³/mol. The Hall–Kier alpha value is -6.58. The Morgan fingerprint density at radius 2 is 1.60 bits per heavy atom. The first-order valence-electron chi connectivity index (χ1n) is 24.2. The first kappa shape index (κ1) is 55.2. The SMILES string of the molecule is COc1ccc(COC(=O)[C@@H](Cc2ccccc2OCc2ccnc(-c3ccccc3OC)n2)Oc2ncnc3sc(-c4ccc(F)cc4)c(-c4ccc(OCCN5CC[N+](C)(COP(=O)(O)O)CC5)c(Cl)c4Br)c23)cc1. The summed E-state index contributed by atoms with van der Waals surface area (Å²) >= 11 is 12.3. The van der Waals surface area contributed by atoms with Crippen molar-refractivity contribution < 1.29 is 61.0 Å². The number of para-hydroxylation sites is 2. The molecule has 8 aromatic rings. The average molecular weight is 1170 g/mol. The van der Waals surface area contributed by atoms with Gasteiger partial charge in [0.25, 0.3) is 0 Å². The number of aromatic nitrogens is 4. The topological polar surface area (TPSA) is 194 Å². The molecule has 0 unspecified atom stereocenters. The second kappa shape index (κ2) is 24.8. The third-order valence-corrected chi connectivity index (χ3v) is 15.9. The molecule has 1 saturated heterocycles. The molecule has 1 aliphatic rings. The van der Waals surface area contributed by atoms with Crippen LogP contribution in [-0.2, 0) is 38.3 Å². The molecule has 0 amide bonds. The van der Waals surface area contributed by atoms with Crippen LogP contribution in [0, 0.1) is 5.82 Å². The quantitative estimate of drug-likeness (QED) is 0.0369. The number of hydrogen-bond donors (Lipinski definition) is 2. The number of phosphoric ester groups is 1. The largest absolute Gasteiger partial charge is 0.497 e. The molecule has 1 fully saturated rings. The van der Waals surface area contributed by atoms with E-state index in [0.717, 1.165) is 11.1 Å². The van der Waals surface area contributed by atoms with Crippen LogP contribution >= 0.6 is 46.7 Å². The zero-order valence-corrected chi connectivity index (χ0v) is 46.1. The summed E-state index contributed by atoms with van der Waals surface area (Å²) in [5, 5.41) is 0.759. The van der Waals surface area contributed by atoms with Crippen molar-refractivity contribution >= 4 is 62.9 Å². The zero-order valence-electron chi connectivity index (χ0n) is 42.0. The van der Waals surface area contributed by atoms with Gasteiger partial charge in [-0.25, -0.2) is 38.2 Å². The molecule has 77 heavy (non-hydrogen) atoms. The smallest absolute Gasteiger partial charge is 0.474 e. The number of nitrogens with zero attached hydrogens (tertiary/aromatic N) is 6. The van der Waals surface area contributed by atoms with E-state index in [0.29, 0.717) is 125 Å². The Morgan fingerprint density at radius 3 is 2.34 bits per heavy atom. The van der Waals surface area contributed by atoms with Gasteiger partial charge in [0.2, 0.25) is 12.0 Å². The molecule has 0 spiro atoms. The number of fused-ring (bicyclic) bond motifs is 1. The van der Waals surface area contributed by atoms with Crippen LogP contribution < -0.4 is 23.7 Å². The fraction of sp³-hybridized carbons (Fsp3) is 0.255. The van der Waals surface area contributed by atoms with Gasteiger partial charge in [0.05, 0.1) is 56.0 Å². The highest BCUT2D eigenvalue weighted by Crippen LogP contribution is 2.51. The first-order valence-corrected chi connectivity index (χ1v) is 27.7. The maximum atomic E-state index is 14.5. The Morgan fingerprint density at radius 1 is 0.857 bits per heavy atom. The Kier molecular flexibility index (Phi) is 17.8. The van der Waals surface area contributed by atoms with E-state index in [9.17, 15) is 23.5 Å². The van der Waals surface area contributed by atoms with Crippen LogP contribution in [0.15, 0.2) is 132 Å². The Bertz CT molecular complexity index is 3400. The summed E-state index contributed by atoms with van der Waals surface area (Å²) in [5.41, 5.74) is 4.61. The molecule has 4 heterocycles. The number of esters is 1. The highest BCUT2D eigenvalue weighted by Gasteiger charge is 2.33. The average Bonchev–Trinajstić information content (AvgIpc) is 3.87. The summed E-state index contributed by atoms with van der Waals surface area (Å²) in [6.45, 7) is 3.41. The molecule has 1 atom stereocenters. The predicted octanol–water partition coefficient (Wildman–Crippen LogP) is 10.6. The number of phosphoric acid groups is 1. The molecule has 0 saturated carbocycles. The summed E-state index contributed by atoms with van der Waals surface area (Å²) in [4.78, 5) is 55.0. The van der Waals surface area contributed by atoms with E-state index in [1.165, 1.54) is 29.8 Å². The number of methoxy groups -OCH3 is 2. The van der Waals surface area contributed by atoms with E-state index in [1.807, 2.05) is 55.6 Å². The minimum absolute atomic E-state index is 0.00784. The molecule has 0 bridgehead atoms. The highest BCUT2D eigenvalue weighted by atomic mass is 79.9. The molecule has 17 nitrogen and oxygen atoms in total. The van der Waals surface area contributed by atoms with Crippen LogP contribution in [-0.4, -0.2) is 119 Å². The fourth-order valence-corrected chi connectivity index (χ4v) is 10.9. The van der Waals surface area contributed by atoms with Gasteiger partial charge in [-0.3, -0.25) is 4.90 Å². The van der Waals surface area contributed by atoms with E-state index >= 15 is 0 Å². The summed E-state index contributed by atoms with van der Waals surface area (Å²) in [6, 6.07) is 33.5. The summed E-state index contributed by atoms with van der Waals surface area (Å²) in [5.74, 6) is 1.66. The third-order valence-electron chi connectivity index (χ3n) is 12.9. The Balaban J connectivity index is 1.01. The lowest BCUT2D eigenvalue weighted by Gasteiger charge is -2.41. The number of ether oxygens (including phenoxy) is 6. The van der Waals surface area contributed by atoms with Gasteiger partial charge in [0.1, 0.15) is 59.8 Å². The van der Waals surface area contributed by atoms with E-state index in [-0.39, 0.29) is 32.2 Å². The minimum Gasteiger partial charge on any atom is -0.497 e. The number of benzene rings is 5. The van der Waals surface area contributed by atoms with Crippen LogP contribution in [0.2, 0.25) is 5.02 Å². The van der Waals surface area contributed by atoms with Gasteiger partial charge in [-0.05, 0) is 98.8 Å². The maximum Gasteiger partial charge on any atom is 0.474 e. The zero-order chi connectivity index (χ0) is 54.1. The van der Waals surface area contributed by atoms with Crippen LogP contribution in [0.4, 0.5) is 4.39 Å². The van der Waals surface area contributed by atoms with Crippen molar-refractivity contribution in [1.82, 2.24) is 24.8 Å². The van der Waals surface area contributed by atoms with Crippen molar-refractivity contribution in [3.05, 3.63) is 160 Å². The molecule has 5 aromatic carbocycles. The van der Waals surface area contributed by atoms with E-state index in [2.05, 4.69) is 35.8 Å². The van der Waals surface area contributed by atoms with Gasteiger partial charge in [0.15, 0.2) is 12.6 Å². The number of hydrogen-bond acceptors (Lipinski definition) is 15. The molecule has 9 rings (SSSR count). The second-order valence-electron chi connectivity index (χ2n) is 18.2. The van der Waals surface area contributed by atoms with Gasteiger partial charge in [-0.2, -0.15) is 0 Å². The van der Waals surface area contributed by atoms with Crippen LogP contribution in [0.5, 0.6) is 28.9 Å². The van der Waals surface area contributed by atoms with Crippen LogP contribution in [0.1, 0.15) is 16.8 Å². The standard InChI is InChI=1S/C55H52BrClFN6O11PS/c1-64(34-74-76(66,67)68)27-24-63(25-28-64)26-29-71-45-21-20-42(49(56)50(45)57)47-48-53(60-33-61-54(48)77-51(47)36-14-16-38(58)17-15-36)75-46(55(65)73-31-35-12-18-40(69-2)19-13-35)30-37-8-4-6-10-43(37)72-32-39-22-23-59-52(62-39)41-9-5-7-11-44(41)70-3/h4-23,33,46H,24-32,34H2,1-3H3,(H-,66,67,68)/p+1/t46-/m1/s1.